The van der Waals surface area contributed by atoms with Gasteiger partial charge in [0.25, 0.3) is 5.91 Å². The SMILES string of the molecule is [2H]C([2H])(O)CN(Cc1ccccc1)C(=O)c1cc(Br)ccc1F. The Morgan fingerprint density at radius 3 is 2.67 bits per heavy atom. The first kappa shape index (κ1) is 13.0. The lowest BCUT2D eigenvalue weighted by molar-refractivity contribution is 0.0703. The molecule has 5 heteroatoms. The van der Waals surface area contributed by atoms with Crippen LogP contribution in [0.5, 0.6) is 0 Å². The Kier molecular flexibility index (Phi) is 4.53. The first-order chi connectivity index (χ1) is 10.8. The summed E-state index contributed by atoms with van der Waals surface area (Å²) in [6.07, 6.45) is 0. The molecule has 0 unspecified atom stereocenters. The topological polar surface area (TPSA) is 40.5 Å². The van der Waals surface area contributed by atoms with Crippen LogP contribution in [-0.2, 0) is 6.54 Å². The Balaban J connectivity index is 2.32. The Hall–Kier alpha value is -1.72. The smallest absolute Gasteiger partial charge is 0.257 e. The summed E-state index contributed by atoms with van der Waals surface area (Å²) < 4.78 is 29.1. The molecule has 21 heavy (non-hydrogen) atoms. The van der Waals surface area contributed by atoms with E-state index < -0.39 is 24.8 Å². The number of hydrogen-bond acceptors (Lipinski definition) is 2. The highest BCUT2D eigenvalue weighted by Gasteiger charge is 2.19. The average molecular weight is 354 g/mol. The predicted molar refractivity (Wildman–Crippen MR) is 82.4 cm³/mol. The second-order valence-corrected chi connectivity index (χ2v) is 5.34. The van der Waals surface area contributed by atoms with Gasteiger partial charge in [-0.25, -0.2) is 4.39 Å². The normalized spacial score (nSPS) is 12.5. The van der Waals surface area contributed by atoms with Crippen molar-refractivity contribution < 1.29 is 17.0 Å². The Bertz CT molecular complexity index is 692. The molecular formula is C16H15BrFNO2. The maximum atomic E-state index is 13.9. The van der Waals surface area contributed by atoms with Gasteiger partial charge in [-0.15, -0.1) is 0 Å². The summed E-state index contributed by atoms with van der Waals surface area (Å²) in [4.78, 5) is 13.7. The molecule has 0 aliphatic heterocycles. The van der Waals surface area contributed by atoms with E-state index in [9.17, 15) is 14.3 Å². The number of aliphatic hydroxyl groups is 1. The molecular weight excluding hydrogens is 337 g/mol. The summed E-state index contributed by atoms with van der Waals surface area (Å²) in [6.45, 7) is -3.08. The highest BCUT2D eigenvalue weighted by atomic mass is 79.9. The van der Waals surface area contributed by atoms with Crippen molar-refractivity contribution in [1.29, 1.82) is 0 Å². The van der Waals surface area contributed by atoms with Gasteiger partial charge in [0.05, 0.1) is 14.9 Å². The molecule has 2 rings (SSSR count). The van der Waals surface area contributed by atoms with E-state index in [0.717, 1.165) is 16.5 Å². The number of rotatable bonds is 5. The summed E-state index contributed by atoms with van der Waals surface area (Å²) in [6, 6.07) is 12.9. The molecule has 2 aromatic rings. The fraction of sp³-hybridized carbons (Fsp3) is 0.188. The van der Waals surface area contributed by atoms with Gasteiger partial charge in [0, 0.05) is 17.6 Å². The van der Waals surface area contributed by atoms with Crippen LogP contribution < -0.4 is 0 Å². The lowest BCUT2D eigenvalue weighted by atomic mass is 10.1. The zero-order valence-corrected chi connectivity index (χ0v) is 12.7. The maximum absolute atomic E-state index is 13.9. The first-order valence-corrected chi connectivity index (χ1v) is 7.06. The van der Waals surface area contributed by atoms with E-state index in [1.807, 2.05) is 6.07 Å². The lowest BCUT2D eigenvalue weighted by Gasteiger charge is -2.22. The molecule has 2 aromatic carbocycles. The zero-order valence-electron chi connectivity index (χ0n) is 13.1. The molecule has 0 spiro atoms. The van der Waals surface area contributed by atoms with Crippen molar-refractivity contribution in [2.24, 2.45) is 0 Å². The van der Waals surface area contributed by atoms with E-state index in [1.54, 1.807) is 24.3 Å². The van der Waals surface area contributed by atoms with E-state index in [1.165, 1.54) is 12.1 Å². The minimum absolute atomic E-state index is 0.0612. The second kappa shape index (κ2) is 7.33. The molecule has 0 saturated heterocycles. The number of benzene rings is 2. The van der Waals surface area contributed by atoms with Crippen LogP contribution in [0.3, 0.4) is 0 Å². The number of carbonyl (C=O) groups is 1. The lowest BCUT2D eigenvalue weighted by Crippen LogP contribution is -2.33. The van der Waals surface area contributed by atoms with Crippen LogP contribution in [0.15, 0.2) is 53.0 Å². The highest BCUT2D eigenvalue weighted by molar-refractivity contribution is 9.10. The molecule has 0 atom stereocenters. The summed E-state index contributed by atoms with van der Waals surface area (Å²) >= 11 is 3.18. The molecule has 0 aliphatic rings. The third kappa shape index (κ3) is 4.12. The number of amides is 1. The van der Waals surface area contributed by atoms with Gasteiger partial charge in [-0.05, 0) is 23.8 Å². The third-order valence-corrected chi connectivity index (χ3v) is 3.42. The van der Waals surface area contributed by atoms with Crippen molar-refractivity contribution >= 4 is 21.8 Å². The van der Waals surface area contributed by atoms with Crippen molar-refractivity contribution in [2.45, 2.75) is 6.54 Å². The van der Waals surface area contributed by atoms with E-state index in [-0.39, 0.29) is 12.1 Å². The molecule has 0 bridgehead atoms. The van der Waals surface area contributed by atoms with Crippen LogP contribution in [-0.4, -0.2) is 29.0 Å². The van der Waals surface area contributed by atoms with Crippen molar-refractivity contribution in [2.75, 3.05) is 13.1 Å². The summed E-state index contributed by atoms with van der Waals surface area (Å²) in [5.74, 6) is -1.39. The third-order valence-electron chi connectivity index (χ3n) is 2.92. The van der Waals surface area contributed by atoms with Crippen molar-refractivity contribution in [3.63, 3.8) is 0 Å². The molecule has 1 amide bonds. The molecule has 1 N–H and O–H groups in total. The van der Waals surface area contributed by atoms with Gasteiger partial charge in [0.1, 0.15) is 5.82 Å². The molecule has 0 aliphatic carbocycles. The average Bonchev–Trinajstić information content (AvgIpc) is 2.48. The summed E-state index contributed by atoms with van der Waals surface area (Å²) in [7, 11) is 0. The zero-order chi connectivity index (χ0) is 17.0. The Morgan fingerprint density at radius 1 is 1.29 bits per heavy atom. The predicted octanol–water partition coefficient (Wildman–Crippen LogP) is 3.22. The van der Waals surface area contributed by atoms with Crippen LogP contribution in [0.25, 0.3) is 0 Å². The Morgan fingerprint density at radius 2 is 2.00 bits per heavy atom. The molecule has 110 valence electrons. The van der Waals surface area contributed by atoms with Gasteiger partial charge in [-0.3, -0.25) is 4.79 Å². The first-order valence-electron chi connectivity index (χ1n) is 7.27. The minimum atomic E-state index is -2.58. The fourth-order valence-electron chi connectivity index (χ4n) is 1.92. The van der Waals surface area contributed by atoms with Crippen LogP contribution in [0, 0.1) is 5.82 Å². The van der Waals surface area contributed by atoms with E-state index in [2.05, 4.69) is 15.9 Å². The monoisotopic (exact) mass is 353 g/mol. The number of halogens is 2. The van der Waals surface area contributed by atoms with Gasteiger partial charge in [-0.1, -0.05) is 46.3 Å². The molecule has 0 saturated carbocycles. The second-order valence-electron chi connectivity index (χ2n) is 4.43. The number of carbonyl (C=O) groups excluding carboxylic acids is 1. The van der Waals surface area contributed by atoms with Crippen LogP contribution in [0.4, 0.5) is 4.39 Å². The summed E-state index contributed by atoms with van der Waals surface area (Å²) in [5, 5.41) is 9.42. The fourth-order valence-corrected chi connectivity index (χ4v) is 2.28. The quantitative estimate of drug-likeness (QED) is 0.896. The highest BCUT2D eigenvalue weighted by Crippen LogP contribution is 2.18. The number of hydrogen-bond donors (Lipinski definition) is 1. The van der Waals surface area contributed by atoms with E-state index in [4.69, 9.17) is 2.74 Å². The van der Waals surface area contributed by atoms with Gasteiger partial charge in [0.15, 0.2) is 0 Å². The Labute approximate surface area is 134 Å². The molecule has 0 heterocycles. The van der Waals surface area contributed by atoms with Crippen LogP contribution in [0.1, 0.15) is 18.7 Å². The van der Waals surface area contributed by atoms with Crippen molar-refractivity contribution in [3.05, 3.63) is 69.9 Å². The van der Waals surface area contributed by atoms with Crippen LogP contribution >= 0.6 is 15.9 Å². The van der Waals surface area contributed by atoms with E-state index in [0.29, 0.717) is 4.47 Å². The molecule has 0 radical (unpaired) electrons. The van der Waals surface area contributed by atoms with Crippen molar-refractivity contribution in [1.82, 2.24) is 4.90 Å². The van der Waals surface area contributed by atoms with Gasteiger partial charge in [-0.2, -0.15) is 0 Å². The molecule has 0 fully saturated rings. The largest absolute Gasteiger partial charge is 0.395 e. The van der Waals surface area contributed by atoms with E-state index >= 15 is 0 Å². The maximum Gasteiger partial charge on any atom is 0.257 e. The van der Waals surface area contributed by atoms with Gasteiger partial charge in [0.2, 0.25) is 0 Å². The standard InChI is InChI=1S/C16H15BrFNO2/c17-13-6-7-15(18)14(10-13)16(21)19(8-9-20)11-12-4-2-1-3-5-12/h1-7,10,20H,8-9,11H2/i9D2. The molecule has 3 nitrogen and oxygen atoms in total. The summed E-state index contributed by atoms with van der Waals surface area (Å²) in [5.41, 5.74) is 0.570. The molecule has 0 aromatic heterocycles. The van der Waals surface area contributed by atoms with Crippen LogP contribution in [0.2, 0.25) is 0 Å². The van der Waals surface area contributed by atoms with Crippen molar-refractivity contribution in [3.8, 4) is 0 Å². The van der Waals surface area contributed by atoms with Gasteiger partial charge >= 0.3 is 0 Å². The number of nitrogens with zero attached hydrogens (tertiary/aromatic N) is 1. The minimum Gasteiger partial charge on any atom is -0.395 e. The van der Waals surface area contributed by atoms with Gasteiger partial charge < -0.3 is 10.0 Å².